The van der Waals surface area contributed by atoms with Gasteiger partial charge in [0.25, 0.3) is 11.1 Å². The third kappa shape index (κ3) is 4.36. The molecule has 1 saturated heterocycles. The minimum absolute atomic E-state index is 0.222. The molecule has 6 heteroatoms. The van der Waals surface area contributed by atoms with Crippen LogP contribution in [0.4, 0.5) is 4.79 Å². The van der Waals surface area contributed by atoms with Gasteiger partial charge in [-0.2, -0.15) is 0 Å². The molecule has 158 valence electrons. The summed E-state index contributed by atoms with van der Waals surface area (Å²) in [6, 6.07) is 16.3. The van der Waals surface area contributed by atoms with Gasteiger partial charge in [0.15, 0.2) is 0 Å². The molecule has 0 unspecified atom stereocenters. The number of nitrogens with zero attached hydrogens (tertiary/aromatic N) is 2. The molecule has 4 rings (SSSR count). The first-order chi connectivity index (χ1) is 14.7. The Labute approximate surface area is 200 Å². The molecule has 2 amide bonds. The van der Waals surface area contributed by atoms with Crippen molar-refractivity contribution in [3.63, 3.8) is 0 Å². The number of thioether (sulfide) groups is 1. The molecule has 0 saturated carbocycles. The predicted octanol–water partition coefficient (Wildman–Crippen LogP) is 6.55. The molecule has 0 spiro atoms. The van der Waals surface area contributed by atoms with E-state index in [2.05, 4.69) is 65.3 Å². The highest BCUT2D eigenvalue weighted by Gasteiger charge is 2.35. The van der Waals surface area contributed by atoms with E-state index in [9.17, 15) is 9.59 Å². The lowest BCUT2D eigenvalue weighted by Crippen LogP contribution is -2.27. The van der Waals surface area contributed by atoms with Gasteiger partial charge in [0.1, 0.15) is 0 Å². The minimum Gasteiger partial charge on any atom is -0.318 e. The van der Waals surface area contributed by atoms with Gasteiger partial charge < -0.3 is 4.57 Å². The fraction of sp³-hybridized carbons (Fsp3) is 0.200. The summed E-state index contributed by atoms with van der Waals surface area (Å²) in [5, 5.41) is -0.222. The largest absolute Gasteiger partial charge is 0.318 e. The fourth-order valence-electron chi connectivity index (χ4n) is 3.87. The smallest absolute Gasteiger partial charge is 0.293 e. The summed E-state index contributed by atoms with van der Waals surface area (Å²) >= 11 is 3.35. The summed E-state index contributed by atoms with van der Waals surface area (Å²) in [6.45, 7) is 8.50. The van der Waals surface area contributed by atoms with Crippen molar-refractivity contribution >= 4 is 51.6 Å². The zero-order valence-corrected chi connectivity index (χ0v) is 20.9. The molecule has 0 aliphatic carbocycles. The first-order valence-corrected chi connectivity index (χ1v) is 11.9. The molecule has 1 aliphatic heterocycles. The summed E-state index contributed by atoms with van der Waals surface area (Å²) in [5.74, 6) is -0.230. The van der Waals surface area contributed by atoms with Crippen LogP contribution in [0.15, 0.2) is 53.4 Å². The molecule has 31 heavy (non-hydrogen) atoms. The number of hydrogen-bond acceptors (Lipinski definition) is 3. The Hall–Kier alpha value is -2.32. The van der Waals surface area contributed by atoms with E-state index < -0.39 is 0 Å². The van der Waals surface area contributed by atoms with Crippen LogP contribution in [0.5, 0.6) is 0 Å². The molecular formula is C25H23IN2O2S. The minimum atomic E-state index is -0.230. The van der Waals surface area contributed by atoms with Crippen LogP contribution in [0.25, 0.3) is 11.8 Å². The number of rotatable bonds is 4. The van der Waals surface area contributed by atoms with Gasteiger partial charge in [0.05, 0.1) is 11.4 Å². The molecule has 1 aliphatic rings. The molecule has 0 bridgehead atoms. The number of halogens is 1. The molecule has 4 nitrogen and oxygen atoms in total. The van der Waals surface area contributed by atoms with Crippen LogP contribution in [-0.4, -0.2) is 20.6 Å². The fourth-order valence-corrected chi connectivity index (χ4v) is 5.03. The number of carbonyl (C=O) groups excluding carboxylic acids is 2. The highest BCUT2D eigenvalue weighted by atomic mass is 127. The summed E-state index contributed by atoms with van der Waals surface area (Å²) in [4.78, 5) is 27.3. The van der Waals surface area contributed by atoms with E-state index in [-0.39, 0.29) is 11.1 Å². The highest BCUT2D eigenvalue weighted by Crippen LogP contribution is 2.35. The van der Waals surface area contributed by atoms with Crippen LogP contribution in [0.2, 0.25) is 0 Å². The molecular weight excluding hydrogens is 519 g/mol. The van der Waals surface area contributed by atoms with E-state index in [0.29, 0.717) is 11.4 Å². The second-order valence-electron chi connectivity index (χ2n) is 7.85. The maximum absolute atomic E-state index is 13.0. The van der Waals surface area contributed by atoms with Crippen LogP contribution in [0, 0.1) is 31.3 Å². The van der Waals surface area contributed by atoms with Gasteiger partial charge in [0.2, 0.25) is 0 Å². The standard InChI is InChI=1S/C25H23IN2O2S/c1-15-6-5-7-19(10-15)14-27-24(29)23(31-25(27)30)13-20-12-17(3)28(18(20)4)21-8-9-22(26)16(2)11-21/h5-13H,14H2,1-4H3/b23-13-. The van der Waals surface area contributed by atoms with Crippen LogP contribution in [0.1, 0.15) is 33.6 Å². The Balaban J connectivity index is 1.64. The average Bonchev–Trinajstić information content (AvgIpc) is 3.14. The monoisotopic (exact) mass is 542 g/mol. The lowest BCUT2D eigenvalue weighted by atomic mass is 10.1. The van der Waals surface area contributed by atoms with E-state index in [1.165, 1.54) is 14.0 Å². The summed E-state index contributed by atoms with van der Waals surface area (Å²) in [7, 11) is 0. The Morgan fingerprint density at radius 3 is 2.48 bits per heavy atom. The van der Waals surface area contributed by atoms with Crippen LogP contribution in [-0.2, 0) is 11.3 Å². The number of benzene rings is 2. The quantitative estimate of drug-likeness (QED) is 0.277. The Morgan fingerprint density at radius 1 is 1.00 bits per heavy atom. The summed E-state index contributed by atoms with van der Waals surface area (Å²) in [6.07, 6.45) is 1.85. The third-order valence-electron chi connectivity index (χ3n) is 5.45. The van der Waals surface area contributed by atoms with Crippen molar-refractivity contribution in [2.24, 2.45) is 0 Å². The second kappa shape index (κ2) is 8.67. The van der Waals surface area contributed by atoms with E-state index in [0.717, 1.165) is 45.5 Å². The number of imide groups is 1. The number of hydrogen-bond donors (Lipinski definition) is 0. The van der Waals surface area contributed by atoms with Gasteiger partial charge >= 0.3 is 0 Å². The van der Waals surface area contributed by atoms with Crippen molar-refractivity contribution in [1.29, 1.82) is 0 Å². The van der Waals surface area contributed by atoms with Crippen LogP contribution < -0.4 is 0 Å². The molecule has 2 heterocycles. The first kappa shape index (κ1) is 21.9. The van der Waals surface area contributed by atoms with Crippen molar-refractivity contribution < 1.29 is 9.59 Å². The lowest BCUT2D eigenvalue weighted by molar-refractivity contribution is -0.123. The lowest BCUT2D eigenvalue weighted by Gasteiger charge is -2.12. The molecule has 1 aromatic heterocycles. The highest BCUT2D eigenvalue weighted by molar-refractivity contribution is 14.1. The number of aromatic nitrogens is 1. The van der Waals surface area contributed by atoms with E-state index in [4.69, 9.17) is 0 Å². The van der Waals surface area contributed by atoms with Gasteiger partial charge in [-0.25, -0.2) is 0 Å². The molecule has 1 fully saturated rings. The Morgan fingerprint density at radius 2 is 1.77 bits per heavy atom. The zero-order valence-electron chi connectivity index (χ0n) is 17.9. The topological polar surface area (TPSA) is 42.3 Å². The molecule has 2 aromatic carbocycles. The zero-order chi connectivity index (χ0) is 22.3. The molecule has 0 atom stereocenters. The van der Waals surface area contributed by atoms with Gasteiger partial charge in [0, 0.05) is 20.6 Å². The maximum Gasteiger partial charge on any atom is 0.293 e. The van der Waals surface area contributed by atoms with Crippen molar-refractivity contribution in [1.82, 2.24) is 9.47 Å². The number of aryl methyl sites for hydroxylation is 3. The molecule has 3 aromatic rings. The van der Waals surface area contributed by atoms with E-state index in [1.54, 1.807) is 0 Å². The van der Waals surface area contributed by atoms with Crippen molar-refractivity contribution in [2.45, 2.75) is 34.2 Å². The Bertz CT molecular complexity index is 1240. The maximum atomic E-state index is 13.0. The third-order valence-corrected chi connectivity index (χ3v) is 7.57. The van der Waals surface area contributed by atoms with Gasteiger partial charge in [-0.1, -0.05) is 29.8 Å². The summed E-state index contributed by atoms with van der Waals surface area (Å²) in [5.41, 5.74) is 7.47. The van der Waals surface area contributed by atoms with Crippen molar-refractivity contribution in [3.8, 4) is 5.69 Å². The van der Waals surface area contributed by atoms with Crippen molar-refractivity contribution in [2.75, 3.05) is 0 Å². The van der Waals surface area contributed by atoms with Crippen LogP contribution in [0.3, 0.4) is 0 Å². The molecule has 0 N–H and O–H groups in total. The predicted molar refractivity (Wildman–Crippen MR) is 135 cm³/mol. The number of amides is 2. The van der Waals surface area contributed by atoms with E-state index in [1.807, 2.05) is 44.2 Å². The van der Waals surface area contributed by atoms with Gasteiger partial charge in [-0.3, -0.25) is 14.5 Å². The van der Waals surface area contributed by atoms with Gasteiger partial charge in [-0.05, 0) is 109 Å². The molecule has 0 radical (unpaired) electrons. The van der Waals surface area contributed by atoms with Crippen molar-refractivity contribution in [3.05, 3.63) is 90.6 Å². The van der Waals surface area contributed by atoms with E-state index >= 15 is 0 Å². The summed E-state index contributed by atoms with van der Waals surface area (Å²) < 4.78 is 3.41. The number of carbonyl (C=O) groups is 2. The van der Waals surface area contributed by atoms with Crippen LogP contribution >= 0.6 is 34.4 Å². The Kier molecular flexibility index (Phi) is 6.12. The average molecular weight is 542 g/mol. The second-order valence-corrected chi connectivity index (χ2v) is 10.0. The van der Waals surface area contributed by atoms with Gasteiger partial charge in [-0.15, -0.1) is 0 Å². The first-order valence-electron chi connectivity index (χ1n) is 10.0. The normalized spacial score (nSPS) is 15.4. The SMILES string of the molecule is Cc1cccc(CN2C(=O)S/C(=C\c3cc(C)n(-c4ccc(I)c(C)c4)c3C)C2=O)c1.